The standard InChI is InChI=1S/C19H15ClN2O4S/c1-26-19(25)17-15(8-9-27-17)21-18(24)13-4-7-16(23)22(11-13)10-12-2-5-14(20)6-3-12/h2-9,11H,10H2,1H3,(H,21,24). The molecule has 2 heterocycles. The van der Waals surface area contributed by atoms with Crippen LogP contribution >= 0.6 is 22.9 Å². The van der Waals surface area contributed by atoms with Crippen LogP contribution in [0, 0.1) is 0 Å². The minimum absolute atomic E-state index is 0.229. The number of anilines is 1. The number of benzene rings is 1. The number of ether oxygens (including phenoxy) is 1. The minimum Gasteiger partial charge on any atom is -0.465 e. The number of nitrogens with zero attached hydrogens (tertiary/aromatic N) is 1. The lowest BCUT2D eigenvalue weighted by Crippen LogP contribution is -2.22. The topological polar surface area (TPSA) is 77.4 Å². The van der Waals surface area contributed by atoms with Crippen LogP contribution in [0.4, 0.5) is 5.69 Å². The Kier molecular flexibility index (Phi) is 5.73. The van der Waals surface area contributed by atoms with Crippen molar-refractivity contribution in [3.8, 4) is 0 Å². The largest absolute Gasteiger partial charge is 0.465 e. The maximum atomic E-state index is 12.5. The van der Waals surface area contributed by atoms with Crippen LogP contribution < -0.4 is 10.9 Å². The van der Waals surface area contributed by atoms with Crippen LogP contribution in [-0.2, 0) is 11.3 Å². The van der Waals surface area contributed by atoms with Crippen molar-refractivity contribution in [2.45, 2.75) is 6.54 Å². The molecule has 0 fully saturated rings. The van der Waals surface area contributed by atoms with Gasteiger partial charge in [0.15, 0.2) is 0 Å². The highest BCUT2D eigenvalue weighted by Crippen LogP contribution is 2.23. The van der Waals surface area contributed by atoms with Crippen LogP contribution in [0.2, 0.25) is 5.02 Å². The van der Waals surface area contributed by atoms with Crippen molar-refractivity contribution in [1.29, 1.82) is 0 Å². The quantitative estimate of drug-likeness (QED) is 0.661. The zero-order valence-electron chi connectivity index (χ0n) is 14.3. The summed E-state index contributed by atoms with van der Waals surface area (Å²) >= 11 is 7.04. The molecule has 1 N–H and O–H groups in total. The van der Waals surface area contributed by atoms with E-state index in [1.807, 2.05) is 12.1 Å². The van der Waals surface area contributed by atoms with E-state index in [0.717, 1.165) is 5.56 Å². The Hall–Kier alpha value is -2.90. The molecule has 0 saturated heterocycles. The molecular formula is C19H15ClN2O4S. The van der Waals surface area contributed by atoms with Gasteiger partial charge in [0.05, 0.1) is 24.9 Å². The molecule has 0 radical (unpaired) electrons. The summed E-state index contributed by atoms with van der Waals surface area (Å²) in [5.74, 6) is -0.948. The SMILES string of the molecule is COC(=O)c1sccc1NC(=O)c1ccc(=O)n(Cc2ccc(Cl)cc2)c1. The van der Waals surface area contributed by atoms with Crippen molar-refractivity contribution < 1.29 is 14.3 Å². The van der Waals surface area contributed by atoms with Gasteiger partial charge in [-0.2, -0.15) is 0 Å². The van der Waals surface area contributed by atoms with Crippen molar-refractivity contribution in [2.75, 3.05) is 12.4 Å². The number of halogens is 1. The highest BCUT2D eigenvalue weighted by Gasteiger charge is 2.17. The van der Waals surface area contributed by atoms with Gasteiger partial charge in [0.1, 0.15) is 4.88 Å². The first-order valence-corrected chi connectivity index (χ1v) is 9.16. The minimum atomic E-state index is -0.520. The molecule has 27 heavy (non-hydrogen) atoms. The van der Waals surface area contributed by atoms with E-state index in [4.69, 9.17) is 16.3 Å². The van der Waals surface area contributed by atoms with E-state index in [2.05, 4.69) is 5.32 Å². The number of nitrogens with one attached hydrogen (secondary N) is 1. The van der Waals surface area contributed by atoms with Crippen molar-refractivity contribution in [3.63, 3.8) is 0 Å². The fraction of sp³-hybridized carbons (Fsp3) is 0.105. The zero-order valence-corrected chi connectivity index (χ0v) is 15.8. The number of rotatable bonds is 5. The van der Waals surface area contributed by atoms with Crippen molar-refractivity contribution >= 4 is 40.5 Å². The summed E-state index contributed by atoms with van der Waals surface area (Å²) < 4.78 is 6.13. The molecule has 3 rings (SSSR count). The lowest BCUT2D eigenvalue weighted by Gasteiger charge is -2.09. The van der Waals surface area contributed by atoms with E-state index in [1.54, 1.807) is 23.6 Å². The van der Waals surface area contributed by atoms with Crippen molar-refractivity contribution in [1.82, 2.24) is 4.57 Å². The second kappa shape index (κ2) is 8.20. The molecule has 0 unspecified atom stereocenters. The fourth-order valence-corrected chi connectivity index (χ4v) is 3.32. The highest BCUT2D eigenvalue weighted by atomic mass is 35.5. The monoisotopic (exact) mass is 402 g/mol. The second-order valence-corrected chi connectivity index (χ2v) is 6.97. The molecule has 0 aliphatic heterocycles. The Balaban J connectivity index is 1.82. The lowest BCUT2D eigenvalue weighted by molar-refractivity contribution is 0.0607. The number of thiophene rings is 1. The molecule has 6 nitrogen and oxygen atoms in total. The first kappa shape index (κ1) is 18.9. The molecule has 1 amide bonds. The van der Waals surface area contributed by atoms with E-state index >= 15 is 0 Å². The highest BCUT2D eigenvalue weighted by molar-refractivity contribution is 7.12. The molecule has 8 heteroatoms. The van der Waals surface area contributed by atoms with Gasteiger partial charge in [-0.15, -0.1) is 11.3 Å². The number of carbonyl (C=O) groups excluding carboxylic acids is 2. The first-order chi connectivity index (χ1) is 13.0. The van der Waals surface area contributed by atoms with E-state index in [0.29, 0.717) is 27.7 Å². The molecule has 3 aromatic rings. The van der Waals surface area contributed by atoms with Gasteiger partial charge in [-0.25, -0.2) is 4.79 Å². The molecule has 2 aromatic heterocycles. The maximum Gasteiger partial charge on any atom is 0.350 e. The predicted octanol–water partition coefficient (Wildman–Crippen LogP) is 3.65. The average Bonchev–Trinajstić information content (AvgIpc) is 3.12. The van der Waals surface area contributed by atoms with Gasteiger partial charge < -0.3 is 14.6 Å². The van der Waals surface area contributed by atoms with Crippen LogP contribution in [-0.4, -0.2) is 23.6 Å². The molecule has 138 valence electrons. The number of esters is 1. The number of aromatic nitrogens is 1. The van der Waals surface area contributed by atoms with Gasteiger partial charge in [-0.05, 0) is 35.2 Å². The Labute approximate surface area is 164 Å². The fourth-order valence-electron chi connectivity index (χ4n) is 2.43. The molecule has 0 spiro atoms. The zero-order chi connectivity index (χ0) is 19.4. The van der Waals surface area contributed by atoms with Crippen LogP contribution in [0.25, 0.3) is 0 Å². The number of pyridine rings is 1. The Morgan fingerprint density at radius 3 is 2.59 bits per heavy atom. The summed E-state index contributed by atoms with van der Waals surface area (Å²) in [5, 5.41) is 4.97. The van der Waals surface area contributed by atoms with E-state index in [-0.39, 0.29) is 5.56 Å². The Morgan fingerprint density at radius 2 is 1.89 bits per heavy atom. The van der Waals surface area contributed by atoms with Gasteiger partial charge >= 0.3 is 5.97 Å². The first-order valence-electron chi connectivity index (χ1n) is 7.90. The number of methoxy groups -OCH3 is 1. The third-order valence-corrected chi connectivity index (χ3v) is 4.94. The van der Waals surface area contributed by atoms with Crippen LogP contribution in [0.5, 0.6) is 0 Å². The van der Waals surface area contributed by atoms with Crippen LogP contribution in [0.15, 0.2) is 58.8 Å². The van der Waals surface area contributed by atoms with Crippen LogP contribution in [0.1, 0.15) is 25.6 Å². The number of carbonyl (C=O) groups is 2. The number of hydrogen-bond donors (Lipinski definition) is 1. The van der Waals surface area contributed by atoms with Gasteiger partial charge in [0, 0.05) is 17.3 Å². The number of amides is 1. The maximum absolute atomic E-state index is 12.5. The third-order valence-electron chi connectivity index (χ3n) is 3.80. The third kappa shape index (κ3) is 4.45. The van der Waals surface area contributed by atoms with Crippen molar-refractivity contribution in [3.05, 3.63) is 85.4 Å². The predicted molar refractivity (Wildman–Crippen MR) is 105 cm³/mol. The van der Waals surface area contributed by atoms with Gasteiger partial charge in [-0.3, -0.25) is 9.59 Å². The summed E-state index contributed by atoms with van der Waals surface area (Å²) in [5.41, 5.74) is 1.31. The Morgan fingerprint density at radius 1 is 1.15 bits per heavy atom. The molecule has 0 aliphatic rings. The summed E-state index contributed by atoms with van der Waals surface area (Å²) in [7, 11) is 1.28. The molecular weight excluding hydrogens is 388 g/mol. The van der Waals surface area contributed by atoms with Crippen molar-refractivity contribution in [2.24, 2.45) is 0 Å². The summed E-state index contributed by atoms with van der Waals surface area (Å²) in [6.07, 6.45) is 1.48. The normalized spacial score (nSPS) is 10.4. The summed E-state index contributed by atoms with van der Waals surface area (Å²) in [6, 6.07) is 11.5. The van der Waals surface area contributed by atoms with Gasteiger partial charge in [0.2, 0.25) is 0 Å². The number of hydrogen-bond acceptors (Lipinski definition) is 5. The van der Waals surface area contributed by atoms with E-state index in [1.165, 1.54) is 41.3 Å². The van der Waals surface area contributed by atoms with Crippen LogP contribution in [0.3, 0.4) is 0 Å². The molecule has 0 atom stereocenters. The molecule has 0 saturated carbocycles. The van der Waals surface area contributed by atoms with E-state index < -0.39 is 11.9 Å². The molecule has 1 aromatic carbocycles. The molecule has 0 bridgehead atoms. The summed E-state index contributed by atoms with van der Waals surface area (Å²) in [6.45, 7) is 0.309. The van der Waals surface area contributed by atoms with Gasteiger partial charge in [-0.1, -0.05) is 23.7 Å². The lowest BCUT2D eigenvalue weighted by atomic mass is 10.2. The van der Waals surface area contributed by atoms with Gasteiger partial charge in [0.25, 0.3) is 11.5 Å². The molecule has 0 aliphatic carbocycles. The Bertz CT molecular complexity index is 1040. The second-order valence-electron chi connectivity index (χ2n) is 5.62. The average molecular weight is 403 g/mol. The summed E-state index contributed by atoms with van der Waals surface area (Å²) in [4.78, 5) is 36.7. The smallest absolute Gasteiger partial charge is 0.350 e. The van der Waals surface area contributed by atoms with E-state index in [9.17, 15) is 14.4 Å².